The average molecular weight is 263 g/mol. The van der Waals surface area contributed by atoms with Gasteiger partial charge in [0, 0.05) is 31.5 Å². The number of nitrogens with one attached hydrogen (secondary N) is 1. The lowest BCUT2D eigenvalue weighted by molar-refractivity contribution is 0.282. The summed E-state index contributed by atoms with van der Waals surface area (Å²) in [4.78, 5) is 2.60. The van der Waals surface area contributed by atoms with Crippen molar-refractivity contribution in [1.29, 1.82) is 0 Å². The van der Waals surface area contributed by atoms with E-state index in [2.05, 4.69) is 48.7 Å². The Labute approximate surface area is 118 Å². The summed E-state index contributed by atoms with van der Waals surface area (Å²) in [6.45, 7) is 12.7. The number of hydrogen-bond donors (Lipinski definition) is 1. The molecule has 0 saturated carbocycles. The third-order valence-corrected chi connectivity index (χ3v) is 4.46. The van der Waals surface area contributed by atoms with Gasteiger partial charge in [0.05, 0.1) is 0 Å². The molecule has 1 atom stereocenters. The molecule has 0 radical (unpaired) electrons. The van der Waals surface area contributed by atoms with Crippen molar-refractivity contribution in [2.45, 2.75) is 40.2 Å². The third-order valence-electron chi connectivity index (χ3n) is 4.46. The van der Waals surface area contributed by atoms with Crippen LogP contribution in [0.1, 0.15) is 36.7 Å². The van der Waals surface area contributed by atoms with Crippen molar-refractivity contribution in [3.05, 3.63) is 23.0 Å². The Hall–Kier alpha value is -0.800. The van der Waals surface area contributed by atoms with Gasteiger partial charge in [-0.15, -0.1) is 0 Å². The largest absolute Gasteiger partial charge is 0.352 e. The lowest BCUT2D eigenvalue weighted by Crippen LogP contribution is -2.31. The van der Waals surface area contributed by atoms with Gasteiger partial charge in [-0.05, 0) is 63.9 Å². The van der Waals surface area contributed by atoms with Crippen LogP contribution in [0.25, 0.3) is 0 Å². The molecule has 108 valence electrons. The van der Waals surface area contributed by atoms with Crippen LogP contribution in [0.4, 0.5) is 0 Å². The summed E-state index contributed by atoms with van der Waals surface area (Å²) < 4.78 is 2.27. The quantitative estimate of drug-likeness (QED) is 0.851. The van der Waals surface area contributed by atoms with Crippen molar-refractivity contribution in [3.8, 4) is 0 Å². The minimum Gasteiger partial charge on any atom is -0.352 e. The predicted octanol–water partition coefficient (Wildman–Crippen LogP) is 2.46. The van der Waals surface area contributed by atoms with E-state index < -0.39 is 0 Å². The Morgan fingerprint density at radius 2 is 1.95 bits per heavy atom. The van der Waals surface area contributed by atoms with Crippen molar-refractivity contribution in [2.24, 2.45) is 13.0 Å². The fraction of sp³-hybridized carbons (Fsp3) is 0.750. The molecule has 1 unspecified atom stereocenters. The van der Waals surface area contributed by atoms with Gasteiger partial charge in [-0.25, -0.2) is 0 Å². The van der Waals surface area contributed by atoms with Crippen LogP contribution >= 0.6 is 0 Å². The molecule has 3 nitrogen and oxygen atoms in total. The van der Waals surface area contributed by atoms with Crippen LogP contribution < -0.4 is 5.32 Å². The average Bonchev–Trinajstić information content (AvgIpc) is 2.95. The van der Waals surface area contributed by atoms with Crippen LogP contribution in [0.5, 0.6) is 0 Å². The molecule has 1 aliphatic heterocycles. The topological polar surface area (TPSA) is 20.2 Å². The first kappa shape index (κ1) is 14.6. The molecule has 0 aliphatic carbocycles. The van der Waals surface area contributed by atoms with E-state index in [4.69, 9.17) is 0 Å². The van der Waals surface area contributed by atoms with Gasteiger partial charge in [0.2, 0.25) is 0 Å². The summed E-state index contributed by atoms with van der Waals surface area (Å²) in [7, 11) is 2.14. The highest BCUT2D eigenvalue weighted by Gasteiger charge is 2.14. The summed E-state index contributed by atoms with van der Waals surface area (Å²) in [6.07, 6.45) is 2.78. The first-order chi connectivity index (χ1) is 9.08. The molecule has 0 bridgehead atoms. The van der Waals surface area contributed by atoms with Gasteiger partial charge in [0.25, 0.3) is 0 Å². The number of aromatic nitrogens is 1. The van der Waals surface area contributed by atoms with E-state index in [0.29, 0.717) is 0 Å². The number of rotatable bonds is 6. The molecule has 0 amide bonds. The van der Waals surface area contributed by atoms with Crippen LogP contribution in [-0.4, -0.2) is 35.6 Å². The maximum atomic E-state index is 3.62. The van der Waals surface area contributed by atoms with Crippen LogP contribution in [0.2, 0.25) is 0 Å². The second kappa shape index (κ2) is 6.58. The fourth-order valence-corrected chi connectivity index (χ4v) is 3.04. The van der Waals surface area contributed by atoms with Gasteiger partial charge in [-0.1, -0.05) is 6.92 Å². The zero-order valence-corrected chi connectivity index (χ0v) is 13.0. The Morgan fingerprint density at radius 1 is 1.26 bits per heavy atom. The zero-order chi connectivity index (χ0) is 13.8. The van der Waals surface area contributed by atoms with Gasteiger partial charge in [-0.3, -0.25) is 0 Å². The zero-order valence-electron chi connectivity index (χ0n) is 13.0. The predicted molar refractivity (Wildman–Crippen MR) is 81.4 cm³/mol. The second-order valence-corrected chi connectivity index (χ2v) is 6.20. The SMILES string of the molecule is Cc1cc(CNCC(C)CN2CCCC2)c(C)n1C. The Balaban J connectivity index is 1.71. The van der Waals surface area contributed by atoms with Crippen molar-refractivity contribution in [1.82, 2.24) is 14.8 Å². The Bertz CT molecular complexity index is 402. The van der Waals surface area contributed by atoms with Crippen molar-refractivity contribution >= 4 is 0 Å². The number of nitrogens with zero attached hydrogens (tertiary/aromatic N) is 2. The molecule has 2 rings (SSSR count). The van der Waals surface area contributed by atoms with Crippen LogP contribution in [0, 0.1) is 19.8 Å². The lowest BCUT2D eigenvalue weighted by Gasteiger charge is -2.20. The molecular formula is C16H29N3. The van der Waals surface area contributed by atoms with E-state index >= 15 is 0 Å². The molecule has 2 heterocycles. The smallest absolute Gasteiger partial charge is 0.0223 e. The normalized spacial score (nSPS) is 18.1. The number of aryl methyl sites for hydroxylation is 1. The van der Waals surface area contributed by atoms with Gasteiger partial charge in [0.1, 0.15) is 0 Å². The summed E-state index contributed by atoms with van der Waals surface area (Å²) in [6, 6.07) is 2.30. The second-order valence-electron chi connectivity index (χ2n) is 6.20. The highest BCUT2D eigenvalue weighted by atomic mass is 15.1. The molecule has 3 heteroatoms. The maximum Gasteiger partial charge on any atom is 0.0223 e. The molecule has 19 heavy (non-hydrogen) atoms. The van der Waals surface area contributed by atoms with E-state index in [1.165, 1.54) is 49.4 Å². The Morgan fingerprint density at radius 3 is 2.53 bits per heavy atom. The Kier molecular flexibility index (Phi) is 5.06. The van der Waals surface area contributed by atoms with Gasteiger partial charge < -0.3 is 14.8 Å². The molecule has 0 aromatic carbocycles. The lowest BCUT2D eigenvalue weighted by atomic mass is 10.1. The molecule has 0 spiro atoms. The van der Waals surface area contributed by atoms with E-state index in [9.17, 15) is 0 Å². The molecular weight excluding hydrogens is 234 g/mol. The monoisotopic (exact) mass is 263 g/mol. The van der Waals surface area contributed by atoms with Gasteiger partial charge >= 0.3 is 0 Å². The molecule has 1 fully saturated rings. The highest BCUT2D eigenvalue weighted by molar-refractivity contribution is 5.26. The summed E-state index contributed by atoms with van der Waals surface area (Å²) >= 11 is 0. The van der Waals surface area contributed by atoms with Gasteiger partial charge in [0.15, 0.2) is 0 Å². The standard InChI is InChI=1S/C16H29N3/c1-13(12-19-7-5-6-8-19)10-17-11-16-9-14(2)18(4)15(16)3/h9,13,17H,5-8,10-12H2,1-4H3. The molecule has 1 aliphatic rings. The van der Waals surface area contributed by atoms with E-state index in [1.807, 2.05) is 0 Å². The molecule has 1 aromatic heterocycles. The highest BCUT2D eigenvalue weighted by Crippen LogP contribution is 2.13. The number of hydrogen-bond acceptors (Lipinski definition) is 2. The first-order valence-electron chi connectivity index (χ1n) is 7.62. The number of likely N-dealkylation sites (tertiary alicyclic amines) is 1. The van der Waals surface area contributed by atoms with Crippen LogP contribution in [0.3, 0.4) is 0 Å². The van der Waals surface area contributed by atoms with E-state index in [1.54, 1.807) is 0 Å². The fourth-order valence-electron chi connectivity index (χ4n) is 3.04. The summed E-state index contributed by atoms with van der Waals surface area (Å²) in [5.74, 6) is 0.739. The summed E-state index contributed by atoms with van der Waals surface area (Å²) in [5, 5.41) is 3.62. The van der Waals surface area contributed by atoms with Crippen LogP contribution in [0.15, 0.2) is 6.07 Å². The molecule has 1 saturated heterocycles. The summed E-state index contributed by atoms with van der Waals surface area (Å²) in [5.41, 5.74) is 4.17. The van der Waals surface area contributed by atoms with Crippen molar-refractivity contribution in [2.75, 3.05) is 26.2 Å². The maximum absolute atomic E-state index is 3.62. The van der Waals surface area contributed by atoms with Crippen LogP contribution in [-0.2, 0) is 13.6 Å². The first-order valence-corrected chi connectivity index (χ1v) is 7.62. The third kappa shape index (κ3) is 3.83. The van der Waals surface area contributed by atoms with Crippen molar-refractivity contribution < 1.29 is 0 Å². The van der Waals surface area contributed by atoms with E-state index in [0.717, 1.165) is 19.0 Å². The minimum atomic E-state index is 0.739. The molecule has 1 aromatic rings. The molecule has 1 N–H and O–H groups in total. The van der Waals surface area contributed by atoms with Gasteiger partial charge in [-0.2, -0.15) is 0 Å². The van der Waals surface area contributed by atoms with E-state index in [-0.39, 0.29) is 0 Å². The van der Waals surface area contributed by atoms with Crippen molar-refractivity contribution in [3.63, 3.8) is 0 Å². The minimum absolute atomic E-state index is 0.739.